The van der Waals surface area contributed by atoms with Gasteiger partial charge in [0.1, 0.15) is 13.1 Å². The minimum atomic E-state index is -2.31. The second-order valence-electron chi connectivity index (χ2n) is 1.94. The first-order valence-corrected chi connectivity index (χ1v) is 2.60. The Morgan fingerprint density at radius 2 is 2.00 bits per heavy atom. The van der Waals surface area contributed by atoms with Crippen molar-refractivity contribution in [3.63, 3.8) is 0 Å². The van der Waals surface area contributed by atoms with E-state index in [1.165, 1.54) is 0 Å². The number of carbonyl (C=O) groups is 1. The van der Waals surface area contributed by atoms with Crippen LogP contribution in [-0.2, 0) is 4.79 Å². The first kappa shape index (κ1) is 7.62. The molecule has 0 aromatic rings. The Labute approximate surface area is 58.9 Å². The summed E-state index contributed by atoms with van der Waals surface area (Å²) < 4.78 is 6.37. The highest BCUT2D eigenvalue weighted by molar-refractivity contribution is 5.58. The van der Waals surface area contributed by atoms with E-state index >= 15 is 0 Å². The maximum Gasteiger partial charge on any atom is 0.151 e. The molecule has 4 N–H and O–H groups in total. The molecule has 0 heterocycles. The Hall–Kier alpha value is -0.490. The van der Waals surface area contributed by atoms with Crippen molar-refractivity contribution < 1.29 is 26.6 Å². The molecule has 0 aromatic carbocycles. The molecule has 0 aliphatic heterocycles. The molecule has 0 aromatic heterocycles. The molecular formula is C5H10O5. The van der Waals surface area contributed by atoms with Crippen molar-refractivity contribution in [2.24, 2.45) is 0 Å². The fraction of sp³-hybridized carbons (Fsp3) is 0.800. The van der Waals surface area contributed by atoms with Crippen LogP contribution < -0.4 is 0 Å². The number of aliphatic hydroxyl groups excluding tert-OH is 3. The van der Waals surface area contributed by atoms with Crippen LogP contribution in [0.15, 0.2) is 0 Å². The molecule has 0 bridgehead atoms. The molecule has 10 heavy (non-hydrogen) atoms. The van der Waals surface area contributed by atoms with Gasteiger partial charge in [-0.3, -0.25) is 0 Å². The van der Waals surface area contributed by atoms with Gasteiger partial charge in [-0.1, -0.05) is 0 Å². The lowest BCUT2D eigenvalue weighted by molar-refractivity contribution is -0.147. The Morgan fingerprint density at radius 1 is 1.60 bits per heavy atom. The molecule has 0 rings (SSSR count). The summed E-state index contributed by atoms with van der Waals surface area (Å²) in [5.41, 5.74) is -2.31. The van der Waals surface area contributed by atoms with Crippen molar-refractivity contribution in [2.75, 3.05) is 13.2 Å². The predicted molar refractivity (Wildman–Crippen MR) is 31.2 cm³/mol. The maximum absolute atomic E-state index is 10.1. The van der Waals surface area contributed by atoms with Crippen molar-refractivity contribution in [2.45, 2.75) is 11.7 Å². The first-order valence-electron chi connectivity index (χ1n) is 3.10. The van der Waals surface area contributed by atoms with Crippen LogP contribution in [0.3, 0.4) is 0 Å². The summed E-state index contributed by atoms with van der Waals surface area (Å²) in [6.45, 7) is -1.95. The Morgan fingerprint density at radius 3 is 2.10 bits per heavy atom. The van der Waals surface area contributed by atoms with Crippen molar-refractivity contribution in [3.8, 4) is 0 Å². The molecule has 0 spiro atoms. The zero-order chi connectivity index (χ0) is 9.07. The third kappa shape index (κ3) is 1.74. The van der Waals surface area contributed by atoms with Crippen molar-refractivity contribution in [3.05, 3.63) is 0 Å². The quantitative estimate of drug-likeness (QED) is 0.327. The van der Waals surface area contributed by atoms with Crippen LogP contribution >= 0.6 is 0 Å². The van der Waals surface area contributed by atoms with E-state index in [0.29, 0.717) is 0 Å². The molecule has 5 heteroatoms. The zero-order valence-electron chi connectivity index (χ0n) is 6.19. The summed E-state index contributed by atoms with van der Waals surface area (Å²) in [7, 11) is 0. The number of aliphatic hydroxyl groups is 4. The number of carbonyl (C=O) groups excluding carboxylic acids is 1. The average Bonchev–Trinajstić information content (AvgIpc) is 2.01. The number of hydrogen-bond donors (Lipinski definition) is 4. The summed E-state index contributed by atoms with van der Waals surface area (Å²) in [5, 5.41) is 34.5. The predicted octanol–water partition coefficient (Wildman–Crippen LogP) is -2.74. The molecule has 0 unspecified atom stereocenters. The van der Waals surface area contributed by atoms with Gasteiger partial charge in [-0.25, -0.2) is 0 Å². The van der Waals surface area contributed by atoms with Crippen LogP contribution in [0.1, 0.15) is 1.37 Å². The lowest BCUT2D eigenvalue weighted by Crippen LogP contribution is -2.49. The summed E-state index contributed by atoms with van der Waals surface area (Å²) in [6, 6.07) is 0. The first-order chi connectivity index (χ1) is 4.98. The molecular weight excluding hydrogens is 140 g/mol. The van der Waals surface area contributed by atoms with Crippen molar-refractivity contribution >= 4 is 6.26 Å². The Kier molecular flexibility index (Phi) is 2.76. The van der Waals surface area contributed by atoms with E-state index in [9.17, 15) is 4.79 Å². The lowest BCUT2D eigenvalue weighted by atomic mass is 10.0. The highest BCUT2D eigenvalue weighted by Gasteiger charge is 2.33. The van der Waals surface area contributed by atoms with Crippen molar-refractivity contribution in [1.82, 2.24) is 0 Å². The summed E-state index contributed by atoms with van der Waals surface area (Å²) in [6.07, 6.45) is -3.52. The number of hydrogen-bond acceptors (Lipinski definition) is 5. The Bertz CT molecular complexity index is 144. The number of aldehydes is 1. The largest absolute Gasteiger partial charge is 0.393 e. The second kappa shape index (κ2) is 3.62. The van der Waals surface area contributed by atoms with Gasteiger partial charge in [0.15, 0.2) is 6.26 Å². The summed E-state index contributed by atoms with van der Waals surface area (Å²) in [5.74, 6) is 0. The van der Waals surface area contributed by atoms with E-state index < -0.39 is 31.2 Å². The van der Waals surface area contributed by atoms with Gasteiger partial charge < -0.3 is 25.2 Å². The molecule has 0 radical (unpaired) electrons. The van der Waals surface area contributed by atoms with E-state index in [1.54, 1.807) is 0 Å². The third-order valence-corrected chi connectivity index (χ3v) is 1.17. The number of rotatable bonds is 4. The standard InChI is InChI=1S/C5H10O5/c6-1-4(9)5(10,2-7)3-8/h1,4,7-10H,2-3H2/t4-/m0/s1/i1D. The van der Waals surface area contributed by atoms with Gasteiger partial charge in [0.25, 0.3) is 0 Å². The normalized spacial score (nSPS) is 16.2. The molecule has 0 aliphatic carbocycles. The van der Waals surface area contributed by atoms with Gasteiger partial charge in [-0.2, -0.15) is 0 Å². The molecule has 0 saturated heterocycles. The molecule has 0 fully saturated rings. The van der Waals surface area contributed by atoms with E-state index in [0.717, 1.165) is 0 Å². The Balaban J connectivity index is 4.36. The van der Waals surface area contributed by atoms with Gasteiger partial charge in [-0.05, 0) is 0 Å². The molecule has 0 aliphatic rings. The minimum absolute atomic E-state index is 0.977. The van der Waals surface area contributed by atoms with Crippen LogP contribution in [0, 0.1) is 0 Å². The van der Waals surface area contributed by atoms with E-state index in [2.05, 4.69) is 0 Å². The second-order valence-corrected chi connectivity index (χ2v) is 1.94. The van der Waals surface area contributed by atoms with Crippen molar-refractivity contribution in [1.29, 1.82) is 0 Å². The molecule has 60 valence electrons. The fourth-order valence-corrected chi connectivity index (χ4v) is 0.333. The highest BCUT2D eigenvalue weighted by Crippen LogP contribution is 2.06. The van der Waals surface area contributed by atoms with E-state index in [1.807, 2.05) is 0 Å². The van der Waals surface area contributed by atoms with Crippen LogP contribution in [0.2, 0.25) is 0 Å². The fourth-order valence-electron chi connectivity index (χ4n) is 0.333. The molecule has 1 atom stereocenters. The SMILES string of the molecule is [2H]C(=O)[C@H](O)C(O)(CO)CO. The maximum atomic E-state index is 10.1. The van der Waals surface area contributed by atoms with Gasteiger partial charge in [0.05, 0.1) is 13.2 Å². The van der Waals surface area contributed by atoms with E-state index in [4.69, 9.17) is 21.8 Å². The summed E-state index contributed by atoms with van der Waals surface area (Å²) in [4.78, 5) is 10.1. The molecule has 5 nitrogen and oxygen atoms in total. The average molecular weight is 151 g/mol. The summed E-state index contributed by atoms with van der Waals surface area (Å²) >= 11 is 0. The monoisotopic (exact) mass is 151 g/mol. The third-order valence-electron chi connectivity index (χ3n) is 1.17. The zero-order valence-corrected chi connectivity index (χ0v) is 5.19. The molecule has 0 amide bonds. The topological polar surface area (TPSA) is 98.0 Å². The molecule has 0 saturated carbocycles. The van der Waals surface area contributed by atoms with Gasteiger partial charge in [-0.15, -0.1) is 0 Å². The van der Waals surface area contributed by atoms with Gasteiger partial charge in [0.2, 0.25) is 0 Å². The highest BCUT2D eigenvalue weighted by atomic mass is 16.4. The van der Waals surface area contributed by atoms with Crippen LogP contribution in [-0.4, -0.2) is 51.6 Å². The van der Waals surface area contributed by atoms with Crippen LogP contribution in [0.5, 0.6) is 0 Å². The van der Waals surface area contributed by atoms with E-state index in [-0.39, 0.29) is 0 Å². The lowest BCUT2D eigenvalue weighted by Gasteiger charge is -2.24. The minimum Gasteiger partial charge on any atom is -0.393 e. The van der Waals surface area contributed by atoms with Gasteiger partial charge >= 0.3 is 0 Å². The van der Waals surface area contributed by atoms with Gasteiger partial charge in [0, 0.05) is 0 Å². The van der Waals surface area contributed by atoms with Crippen LogP contribution in [0.4, 0.5) is 0 Å². The smallest absolute Gasteiger partial charge is 0.151 e. The van der Waals surface area contributed by atoms with Crippen LogP contribution in [0.25, 0.3) is 0 Å².